The van der Waals surface area contributed by atoms with E-state index in [0.29, 0.717) is 6.54 Å². The summed E-state index contributed by atoms with van der Waals surface area (Å²) >= 11 is 1.86. The lowest BCUT2D eigenvalue weighted by Gasteiger charge is -2.24. The Balaban J connectivity index is 2.41. The largest absolute Gasteiger partial charge is 0.395 e. The van der Waals surface area contributed by atoms with Crippen LogP contribution in [0.4, 0.5) is 0 Å². The molecule has 1 atom stereocenters. The molecule has 1 saturated heterocycles. The van der Waals surface area contributed by atoms with E-state index in [1.54, 1.807) is 0 Å². The van der Waals surface area contributed by atoms with Crippen LogP contribution in [0.1, 0.15) is 26.2 Å². The van der Waals surface area contributed by atoms with Crippen LogP contribution in [-0.4, -0.2) is 47.1 Å². The Morgan fingerprint density at radius 2 is 2.33 bits per heavy atom. The second-order valence-corrected chi connectivity index (χ2v) is 5.11. The summed E-state index contributed by atoms with van der Waals surface area (Å²) < 4.78 is 0. The van der Waals surface area contributed by atoms with Gasteiger partial charge in [0.15, 0.2) is 0 Å². The summed E-state index contributed by atoms with van der Waals surface area (Å²) in [5, 5.41) is 8.93. The maximum absolute atomic E-state index is 12.0. The van der Waals surface area contributed by atoms with Gasteiger partial charge in [0.1, 0.15) is 0 Å². The maximum Gasteiger partial charge on any atom is 0.226 e. The van der Waals surface area contributed by atoms with E-state index in [1.165, 1.54) is 0 Å². The van der Waals surface area contributed by atoms with Gasteiger partial charge in [-0.15, -0.1) is 0 Å². The van der Waals surface area contributed by atoms with Gasteiger partial charge in [-0.3, -0.25) is 4.79 Å². The van der Waals surface area contributed by atoms with Gasteiger partial charge in [-0.25, -0.2) is 0 Å². The fourth-order valence-electron chi connectivity index (χ4n) is 1.79. The Hall–Kier alpha value is -0.220. The van der Waals surface area contributed by atoms with E-state index in [0.717, 1.165) is 37.3 Å². The van der Waals surface area contributed by atoms with Gasteiger partial charge >= 0.3 is 0 Å². The van der Waals surface area contributed by atoms with Crippen LogP contribution < -0.4 is 0 Å². The molecule has 0 aliphatic carbocycles. The molecule has 0 spiro atoms. The molecule has 1 amide bonds. The topological polar surface area (TPSA) is 40.5 Å². The van der Waals surface area contributed by atoms with Crippen molar-refractivity contribution in [3.8, 4) is 0 Å². The lowest BCUT2D eigenvalue weighted by atomic mass is 10.1. The van der Waals surface area contributed by atoms with Gasteiger partial charge in [-0.05, 0) is 18.6 Å². The summed E-state index contributed by atoms with van der Waals surface area (Å²) in [6.45, 7) is 3.50. The molecule has 1 rings (SSSR count). The number of aliphatic hydroxyl groups is 1. The lowest BCUT2D eigenvalue weighted by molar-refractivity contribution is -0.135. The van der Waals surface area contributed by atoms with Crippen molar-refractivity contribution in [1.82, 2.24) is 4.90 Å². The highest BCUT2D eigenvalue weighted by molar-refractivity contribution is 7.99. The first-order chi connectivity index (χ1) is 7.29. The third-order valence-electron chi connectivity index (χ3n) is 2.74. The summed E-state index contributed by atoms with van der Waals surface area (Å²) in [6, 6.07) is 0. The number of carbonyl (C=O) groups is 1. The van der Waals surface area contributed by atoms with Gasteiger partial charge in [0.2, 0.25) is 5.91 Å². The molecule has 1 aliphatic heterocycles. The van der Waals surface area contributed by atoms with Gasteiger partial charge in [-0.1, -0.05) is 13.3 Å². The van der Waals surface area contributed by atoms with Crippen LogP contribution >= 0.6 is 11.8 Å². The Bertz CT molecular complexity index is 193. The zero-order valence-electron chi connectivity index (χ0n) is 9.45. The van der Waals surface area contributed by atoms with Crippen molar-refractivity contribution >= 4 is 17.7 Å². The lowest BCUT2D eigenvalue weighted by Crippen LogP contribution is -2.38. The predicted octanol–water partition coefficient (Wildman–Crippen LogP) is 1.36. The number of hydrogen-bond acceptors (Lipinski definition) is 3. The number of amides is 1. The second-order valence-electron chi connectivity index (χ2n) is 3.96. The van der Waals surface area contributed by atoms with Crippen molar-refractivity contribution in [2.75, 3.05) is 31.2 Å². The fourth-order valence-corrected chi connectivity index (χ4v) is 3.00. The molecule has 88 valence electrons. The summed E-state index contributed by atoms with van der Waals surface area (Å²) in [4.78, 5) is 13.9. The van der Waals surface area contributed by atoms with Crippen LogP contribution in [0.2, 0.25) is 0 Å². The van der Waals surface area contributed by atoms with E-state index in [-0.39, 0.29) is 18.4 Å². The number of carbonyl (C=O) groups excluding carboxylic acids is 1. The summed E-state index contributed by atoms with van der Waals surface area (Å²) in [5.74, 6) is 2.53. The molecule has 1 N–H and O–H groups in total. The first-order valence-corrected chi connectivity index (χ1v) is 6.92. The third-order valence-corrected chi connectivity index (χ3v) is 3.90. The van der Waals surface area contributed by atoms with Gasteiger partial charge in [0, 0.05) is 24.8 Å². The van der Waals surface area contributed by atoms with Crippen LogP contribution in [0.15, 0.2) is 0 Å². The monoisotopic (exact) mass is 231 g/mol. The highest BCUT2D eigenvalue weighted by Crippen LogP contribution is 2.25. The van der Waals surface area contributed by atoms with Crippen molar-refractivity contribution in [2.45, 2.75) is 26.2 Å². The molecule has 1 unspecified atom stereocenters. The van der Waals surface area contributed by atoms with Crippen LogP contribution in [0.3, 0.4) is 0 Å². The van der Waals surface area contributed by atoms with E-state index >= 15 is 0 Å². The molecule has 0 bridgehead atoms. The maximum atomic E-state index is 12.0. The molecular formula is C11H21NO2S. The fraction of sp³-hybridized carbons (Fsp3) is 0.909. The summed E-state index contributed by atoms with van der Waals surface area (Å²) in [5.41, 5.74) is 0. The van der Waals surface area contributed by atoms with Gasteiger partial charge in [0.25, 0.3) is 0 Å². The molecule has 0 aromatic heterocycles. The number of nitrogens with zero attached hydrogens (tertiary/aromatic N) is 1. The summed E-state index contributed by atoms with van der Waals surface area (Å²) in [7, 11) is 0. The van der Waals surface area contributed by atoms with Crippen molar-refractivity contribution < 1.29 is 9.90 Å². The van der Waals surface area contributed by atoms with Crippen molar-refractivity contribution in [3.63, 3.8) is 0 Å². The Morgan fingerprint density at radius 1 is 1.53 bits per heavy atom. The Labute approximate surface area is 96.2 Å². The van der Waals surface area contributed by atoms with Crippen molar-refractivity contribution in [1.29, 1.82) is 0 Å². The SMILES string of the molecule is CCCCN(CCO)C(=O)C1CCSC1. The van der Waals surface area contributed by atoms with E-state index in [2.05, 4.69) is 6.92 Å². The van der Waals surface area contributed by atoms with Crippen LogP contribution in [0, 0.1) is 5.92 Å². The Kier molecular flexibility index (Phi) is 6.10. The molecule has 3 nitrogen and oxygen atoms in total. The van der Waals surface area contributed by atoms with Gasteiger partial charge in [0.05, 0.1) is 6.61 Å². The average molecular weight is 231 g/mol. The molecule has 0 aromatic carbocycles. The Morgan fingerprint density at radius 3 is 2.87 bits per heavy atom. The molecule has 1 fully saturated rings. The molecule has 1 heterocycles. The van der Waals surface area contributed by atoms with Crippen LogP contribution in [0.25, 0.3) is 0 Å². The minimum atomic E-state index is 0.0787. The van der Waals surface area contributed by atoms with Crippen LogP contribution in [-0.2, 0) is 4.79 Å². The molecule has 0 aromatic rings. The van der Waals surface area contributed by atoms with E-state index < -0.39 is 0 Å². The molecule has 1 aliphatic rings. The highest BCUT2D eigenvalue weighted by atomic mass is 32.2. The smallest absolute Gasteiger partial charge is 0.226 e. The first-order valence-electron chi connectivity index (χ1n) is 5.77. The predicted molar refractivity (Wildman–Crippen MR) is 64.0 cm³/mol. The molecule has 0 saturated carbocycles. The quantitative estimate of drug-likeness (QED) is 0.750. The zero-order valence-corrected chi connectivity index (χ0v) is 10.3. The molecule has 4 heteroatoms. The average Bonchev–Trinajstić information content (AvgIpc) is 2.76. The minimum Gasteiger partial charge on any atom is -0.395 e. The van der Waals surface area contributed by atoms with E-state index in [1.807, 2.05) is 16.7 Å². The number of thioether (sulfide) groups is 1. The number of hydrogen-bond donors (Lipinski definition) is 1. The summed E-state index contributed by atoms with van der Waals surface area (Å²) in [6.07, 6.45) is 3.14. The highest BCUT2D eigenvalue weighted by Gasteiger charge is 2.26. The molecule has 0 radical (unpaired) electrons. The molecule has 15 heavy (non-hydrogen) atoms. The van der Waals surface area contributed by atoms with Gasteiger partial charge < -0.3 is 10.0 Å². The number of unbranched alkanes of at least 4 members (excludes halogenated alkanes) is 1. The normalized spacial score (nSPS) is 20.5. The molecular weight excluding hydrogens is 210 g/mol. The van der Waals surface area contributed by atoms with Gasteiger partial charge in [-0.2, -0.15) is 11.8 Å². The van der Waals surface area contributed by atoms with Crippen molar-refractivity contribution in [3.05, 3.63) is 0 Å². The number of rotatable bonds is 6. The van der Waals surface area contributed by atoms with E-state index in [9.17, 15) is 4.79 Å². The standard InChI is InChI=1S/C11H21NO2S/c1-2-3-5-12(6-7-13)11(14)10-4-8-15-9-10/h10,13H,2-9H2,1H3. The zero-order chi connectivity index (χ0) is 11.1. The van der Waals surface area contributed by atoms with Crippen molar-refractivity contribution in [2.24, 2.45) is 5.92 Å². The van der Waals surface area contributed by atoms with Crippen LogP contribution in [0.5, 0.6) is 0 Å². The first kappa shape index (κ1) is 12.8. The third kappa shape index (κ3) is 4.03. The van der Waals surface area contributed by atoms with E-state index in [4.69, 9.17) is 5.11 Å². The second kappa shape index (κ2) is 7.12. The minimum absolute atomic E-state index is 0.0787. The number of aliphatic hydroxyl groups excluding tert-OH is 1.